The summed E-state index contributed by atoms with van der Waals surface area (Å²) in [5.74, 6) is 0.253. The maximum absolute atomic E-state index is 12.2. The first-order valence-electron chi connectivity index (χ1n) is 12.1. The molecule has 0 bridgehead atoms. The average Bonchev–Trinajstić information content (AvgIpc) is 3.42. The van der Waals surface area contributed by atoms with E-state index in [1.54, 1.807) is 20.3 Å². The van der Waals surface area contributed by atoms with Crippen molar-refractivity contribution in [2.75, 3.05) is 24.9 Å². The Hall–Kier alpha value is -3.92. The summed E-state index contributed by atoms with van der Waals surface area (Å²) in [6.45, 7) is 0. The molecular formula is C26H30N6O4. The lowest BCUT2D eigenvalue weighted by molar-refractivity contribution is -0.117. The Labute approximate surface area is 209 Å². The highest BCUT2D eigenvalue weighted by Crippen LogP contribution is 2.40. The van der Waals surface area contributed by atoms with Crippen LogP contribution in [0.3, 0.4) is 0 Å². The number of carbonyl (C=O) groups is 2. The molecule has 10 nitrogen and oxygen atoms in total. The maximum Gasteiger partial charge on any atom is 0.252 e. The van der Waals surface area contributed by atoms with E-state index in [0.29, 0.717) is 22.9 Å². The number of carbonyl (C=O) groups excluding carboxylic acids is 2. The standard InChI is InChI=1S/C26H30N6O4/c1-35-22-8-4-7-21(22)32-14-16(12-29-32)17-5-3-6-19(24(17)36-2)30-20-11-23(28-13-18(20)25(27)33)31-26(34)15-9-10-15/h3,5-6,11-15,21-22H,4,7-10H2,1-2H3,(H2,27,33)(H2,28,30,31,34)/t21?,22-/m1/s1. The van der Waals surface area contributed by atoms with Gasteiger partial charge in [-0.1, -0.05) is 12.1 Å². The SMILES string of the molecule is COc1c(Nc2cc(NC(=O)C3CC3)ncc2C(N)=O)cccc1-c1cnn(C2CCC[C@H]2OC)c1. The normalized spacial score (nSPS) is 19.2. The number of para-hydroxylation sites is 1. The third-order valence-electron chi connectivity index (χ3n) is 6.83. The second-order valence-electron chi connectivity index (χ2n) is 9.24. The molecule has 4 N–H and O–H groups in total. The molecular weight excluding hydrogens is 460 g/mol. The lowest BCUT2D eigenvalue weighted by Crippen LogP contribution is -2.20. The van der Waals surface area contributed by atoms with Crippen LogP contribution in [0.25, 0.3) is 11.1 Å². The highest BCUT2D eigenvalue weighted by molar-refractivity contribution is 6.01. The third kappa shape index (κ3) is 4.76. The average molecular weight is 491 g/mol. The largest absolute Gasteiger partial charge is 0.494 e. The summed E-state index contributed by atoms with van der Waals surface area (Å²) in [5, 5.41) is 10.7. The molecule has 2 fully saturated rings. The molecule has 2 aromatic heterocycles. The molecule has 0 aliphatic heterocycles. The van der Waals surface area contributed by atoms with Gasteiger partial charge in [-0.15, -0.1) is 0 Å². The summed E-state index contributed by atoms with van der Waals surface area (Å²) in [4.78, 5) is 28.5. The van der Waals surface area contributed by atoms with Crippen LogP contribution in [0.5, 0.6) is 5.75 Å². The lowest BCUT2D eigenvalue weighted by Gasteiger charge is -2.18. The lowest BCUT2D eigenvalue weighted by atomic mass is 10.1. The number of hydrogen-bond donors (Lipinski definition) is 3. The molecule has 0 spiro atoms. The molecule has 2 amide bonds. The van der Waals surface area contributed by atoms with Gasteiger partial charge in [0.2, 0.25) is 5.91 Å². The second-order valence-corrected chi connectivity index (χ2v) is 9.24. The highest BCUT2D eigenvalue weighted by atomic mass is 16.5. The smallest absolute Gasteiger partial charge is 0.252 e. The predicted octanol–water partition coefficient (Wildman–Crippen LogP) is 3.88. The fourth-order valence-electron chi connectivity index (χ4n) is 4.77. The summed E-state index contributed by atoms with van der Waals surface area (Å²) in [6.07, 6.45) is 10.3. The monoisotopic (exact) mass is 490 g/mol. The zero-order valence-electron chi connectivity index (χ0n) is 20.4. The van der Waals surface area contributed by atoms with Gasteiger partial charge in [-0.2, -0.15) is 5.10 Å². The molecule has 2 aliphatic carbocycles. The van der Waals surface area contributed by atoms with Crippen molar-refractivity contribution >= 4 is 29.0 Å². The van der Waals surface area contributed by atoms with Crippen molar-refractivity contribution in [3.05, 3.63) is 48.4 Å². The molecule has 0 saturated heterocycles. The number of nitrogens with zero attached hydrogens (tertiary/aromatic N) is 3. The van der Waals surface area contributed by atoms with Crippen molar-refractivity contribution in [2.24, 2.45) is 11.7 Å². The van der Waals surface area contributed by atoms with Crippen molar-refractivity contribution < 1.29 is 19.1 Å². The van der Waals surface area contributed by atoms with Crippen LogP contribution in [-0.2, 0) is 9.53 Å². The van der Waals surface area contributed by atoms with Crippen molar-refractivity contribution in [1.82, 2.24) is 14.8 Å². The molecule has 2 heterocycles. The Morgan fingerprint density at radius 1 is 1.11 bits per heavy atom. The van der Waals surface area contributed by atoms with Crippen molar-refractivity contribution in [3.8, 4) is 16.9 Å². The first-order valence-corrected chi connectivity index (χ1v) is 12.1. The fraction of sp³-hybridized carbons (Fsp3) is 0.385. The topological polar surface area (TPSA) is 133 Å². The third-order valence-corrected chi connectivity index (χ3v) is 6.83. The molecule has 1 aromatic carbocycles. The summed E-state index contributed by atoms with van der Waals surface area (Å²) in [6, 6.07) is 7.51. The van der Waals surface area contributed by atoms with Crippen LogP contribution >= 0.6 is 0 Å². The number of nitrogens with two attached hydrogens (primary N) is 1. The minimum absolute atomic E-state index is 0.0279. The number of aromatic nitrogens is 3. The van der Waals surface area contributed by atoms with Crippen molar-refractivity contribution in [3.63, 3.8) is 0 Å². The molecule has 2 saturated carbocycles. The number of ether oxygens (including phenoxy) is 2. The number of primary amides is 1. The molecule has 188 valence electrons. The number of rotatable bonds is 9. The van der Waals surface area contributed by atoms with E-state index in [0.717, 1.165) is 43.2 Å². The van der Waals surface area contributed by atoms with E-state index in [1.165, 1.54) is 6.20 Å². The van der Waals surface area contributed by atoms with E-state index in [4.69, 9.17) is 15.2 Å². The minimum Gasteiger partial charge on any atom is -0.494 e. The highest BCUT2D eigenvalue weighted by Gasteiger charge is 2.31. The quantitative estimate of drug-likeness (QED) is 0.414. The number of pyridine rings is 1. The van der Waals surface area contributed by atoms with Crippen molar-refractivity contribution in [2.45, 2.75) is 44.2 Å². The molecule has 2 aliphatic rings. The summed E-state index contributed by atoms with van der Waals surface area (Å²) in [5.41, 5.74) is 8.59. The Morgan fingerprint density at radius 3 is 2.67 bits per heavy atom. The number of anilines is 3. The zero-order valence-corrected chi connectivity index (χ0v) is 20.4. The van der Waals surface area contributed by atoms with E-state index in [9.17, 15) is 9.59 Å². The van der Waals surface area contributed by atoms with Crippen molar-refractivity contribution in [1.29, 1.82) is 0 Å². The van der Waals surface area contributed by atoms with Gasteiger partial charge >= 0.3 is 0 Å². The van der Waals surface area contributed by atoms with Crippen LogP contribution in [0.4, 0.5) is 17.2 Å². The van der Waals surface area contributed by atoms with E-state index in [2.05, 4.69) is 20.7 Å². The molecule has 0 radical (unpaired) electrons. The van der Waals surface area contributed by atoms with Crippen LogP contribution in [0.2, 0.25) is 0 Å². The Balaban J connectivity index is 1.45. The predicted molar refractivity (Wildman–Crippen MR) is 135 cm³/mol. The number of amides is 2. The van der Waals surface area contributed by atoms with Gasteiger partial charge in [0.15, 0.2) is 0 Å². The van der Waals surface area contributed by atoms with Gasteiger partial charge in [0.1, 0.15) is 11.6 Å². The second kappa shape index (κ2) is 9.98. The van der Waals surface area contributed by atoms with E-state index >= 15 is 0 Å². The van der Waals surface area contributed by atoms with Gasteiger partial charge in [-0.05, 0) is 38.2 Å². The van der Waals surface area contributed by atoms with Gasteiger partial charge in [0.05, 0.1) is 42.4 Å². The van der Waals surface area contributed by atoms with Gasteiger partial charge in [0.25, 0.3) is 5.91 Å². The van der Waals surface area contributed by atoms with Crippen LogP contribution in [0.1, 0.15) is 48.5 Å². The van der Waals surface area contributed by atoms with Gasteiger partial charge in [-0.3, -0.25) is 14.3 Å². The van der Waals surface area contributed by atoms with E-state index in [-0.39, 0.29) is 29.5 Å². The number of nitrogens with one attached hydrogen (secondary N) is 2. The summed E-state index contributed by atoms with van der Waals surface area (Å²) in [7, 11) is 3.34. The van der Waals surface area contributed by atoms with Gasteiger partial charge in [-0.25, -0.2) is 4.98 Å². The molecule has 1 unspecified atom stereocenters. The number of hydrogen-bond acceptors (Lipinski definition) is 7. The molecule has 10 heteroatoms. The number of methoxy groups -OCH3 is 2. The van der Waals surface area contributed by atoms with Gasteiger partial charge in [0, 0.05) is 42.6 Å². The van der Waals surface area contributed by atoms with Crippen LogP contribution in [0, 0.1) is 5.92 Å². The van der Waals surface area contributed by atoms with Crippen LogP contribution in [-0.4, -0.2) is 46.9 Å². The Bertz CT molecular complexity index is 1290. The van der Waals surface area contributed by atoms with E-state index in [1.807, 2.05) is 35.3 Å². The van der Waals surface area contributed by atoms with Gasteiger partial charge < -0.3 is 25.8 Å². The Morgan fingerprint density at radius 2 is 1.94 bits per heavy atom. The number of benzene rings is 1. The first kappa shape index (κ1) is 23.8. The zero-order chi connectivity index (χ0) is 25.2. The maximum atomic E-state index is 12.2. The minimum atomic E-state index is -0.634. The molecule has 3 aromatic rings. The summed E-state index contributed by atoms with van der Waals surface area (Å²) >= 11 is 0. The molecule has 2 atom stereocenters. The van der Waals surface area contributed by atoms with Crippen LogP contribution < -0.4 is 21.1 Å². The van der Waals surface area contributed by atoms with Crippen LogP contribution in [0.15, 0.2) is 42.9 Å². The first-order chi connectivity index (χ1) is 17.5. The molecule has 36 heavy (non-hydrogen) atoms. The Kier molecular flexibility index (Phi) is 6.60. The van der Waals surface area contributed by atoms with E-state index < -0.39 is 5.91 Å². The molecule has 5 rings (SSSR count). The summed E-state index contributed by atoms with van der Waals surface area (Å²) < 4.78 is 13.4. The fourth-order valence-corrected chi connectivity index (χ4v) is 4.77.